The molecule has 2 N–H and O–H groups in total. The summed E-state index contributed by atoms with van der Waals surface area (Å²) < 4.78 is 5.82. The SMILES string of the molecule is CC(C)Oc1c(C(=O)NN=Cc2nccs2)[nH]c2ccccc12. The summed E-state index contributed by atoms with van der Waals surface area (Å²) >= 11 is 1.44. The highest BCUT2D eigenvalue weighted by Crippen LogP contribution is 2.30. The summed E-state index contributed by atoms with van der Waals surface area (Å²) in [5.74, 6) is 0.183. The molecule has 0 saturated heterocycles. The van der Waals surface area contributed by atoms with Gasteiger partial charge in [0.2, 0.25) is 0 Å². The highest BCUT2D eigenvalue weighted by atomic mass is 32.1. The van der Waals surface area contributed by atoms with Gasteiger partial charge in [0.25, 0.3) is 5.91 Å². The summed E-state index contributed by atoms with van der Waals surface area (Å²) in [6.07, 6.45) is 3.15. The molecule has 0 aliphatic carbocycles. The number of hydrazone groups is 1. The lowest BCUT2D eigenvalue weighted by Gasteiger charge is -2.10. The number of carbonyl (C=O) groups is 1. The topological polar surface area (TPSA) is 79.4 Å². The number of hydrogen-bond acceptors (Lipinski definition) is 5. The van der Waals surface area contributed by atoms with E-state index in [1.165, 1.54) is 17.6 Å². The van der Waals surface area contributed by atoms with Crippen molar-refractivity contribution >= 4 is 34.4 Å². The van der Waals surface area contributed by atoms with Crippen LogP contribution in [0.3, 0.4) is 0 Å². The van der Waals surface area contributed by atoms with Crippen LogP contribution in [0.15, 0.2) is 40.9 Å². The minimum Gasteiger partial charge on any atom is -0.488 e. The fourth-order valence-corrected chi connectivity index (χ4v) is 2.63. The molecule has 23 heavy (non-hydrogen) atoms. The molecule has 0 unspecified atom stereocenters. The molecular weight excluding hydrogens is 312 g/mol. The number of aromatic amines is 1. The first-order chi connectivity index (χ1) is 11.1. The van der Waals surface area contributed by atoms with E-state index in [2.05, 4.69) is 20.5 Å². The number of carbonyl (C=O) groups excluding carboxylic acids is 1. The number of rotatable bonds is 5. The molecule has 2 heterocycles. The maximum Gasteiger partial charge on any atom is 0.291 e. The van der Waals surface area contributed by atoms with Crippen LogP contribution in [-0.2, 0) is 0 Å². The third kappa shape index (κ3) is 3.40. The van der Waals surface area contributed by atoms with Gasteiger partial charge in [-0.15, -0.1) is 11.3 Å². The number of nitrogens with one attached hydrogen (secondary N) is 2. The Bertz CT molecular complexity index is 837. The van der Waals surface area contributed by atoms with E-state index in [4.69, 9.17) is 4.74 Å². The third-order valence-corrected chi connectivity index (χ3v) is 3.74. The molecule has 0 aliphatic heterocycles. The standard InChI is InChI=1S/C16H16N4O2S/c1-10(2)22-15-11-5-3-4-6-12(11)19-14(15)16(21)20-18-9-13-17-7-8-23-13/h3-10,19H,1-2H3,(H,20,21). The van der Waals surface area contributed by atoms with Crippen LogP contribution >= 0.6 is 11.3 Å². The van der Waals surface area contributed by atoms with Crippen molar-refractivity contribution in [2.24, 2.45) is 5.10 Å². The Labute approximate surface area is 137 Å². The number of H-pyrrole nitrogens is 1. The van der Waals surface area contributed by atoms with E-state index < -0.39 is 0 Å². The maximum absolute atomic E-state index is 12.4. The second-order valence-corrected chi connectivity index (χ2v) is 6.04. The quantitative estimate of drug-likeness (QED) is 0.558. The van der Waals surface area contributed by atoms with Gasteiger partial charge in [0, 0.05) is 22.5 Å². The molecule has 3 aromatic rings. The van der Waals surface area contributed by atoms with Gasteiger partial charge in [0.1, 0.15) is 10.7 Å². The number of fused-ring (bicyclic) bond motifs is 1. The summed E-state index contributed by atoms with van der Waals surface area (Å²) in [6.45, 7) is 3.84. The molecule has 0 atom stereocenters. The number of thiazole rings is 1. The van der Waals surface area contributed by atoms with Gasteiger partial charge >= 0.3 is 0 Å². The van der Waals surface area contributed by atoms with Gasteiger partial charge in [0.05, 0.1) is 12.3 Å². The summed E-state index contributed by atoms with van der Waals surface area (Å²) in [7, 11) is 0. The van der Waals surface area contributed by atoms with Crippen LogP contribution in [0.25, 0.3) is 10.9 Å². The van der Waals surface area contributed by atoms with E-state index in [1.807, 2.05) is 43.5 Å². The summed E-state index contributed by atoms with van der Waals surface area (Å²) in [4.78, 5) is 19.5. The zero-order valence-corrected chi connectivity index (χ0v) is 13.6. The minimum atomic E-state index is -0.357. The highest BCUT2D eigenvalue weighted by Gasteiger charge is 2.19. The maximum atomic E-state index is 12.4. The third-order valence-electron chi connectivity index (χ3n) is 3.03. The lowest BCUT2D eigenvalue weighted by Crippen LogP contribution is -2.20. The second kappa shape index (κ2) is 6.62. The number of hydrogen-bond donors (Lipinski definition) is 2. The Morgan fingerprint density at radius 3 is 3.00 bits per heavy atom. The molecule has 118 valence electrons. The average molecular weight is 328 g/mol. The van der Waals surface area contributed by atoms with E-state index in [-0.39, 0.29) is 12.0 Å². The molecule has 3 rings (SSSR count). The Balaban J connectivity index is 1.87. The molecule has 0 spiro atoms. The van der Waals surface area contributed by atoms with Crippen LogP contribution in [0.2, 0.25) is 0 Å². The zero-order chi connectivity index (χ0) is 16.2. The van der Waals surface area contributed by atoms with Crippen molar-refractivity contribution in [1.29, 1.82) is 0 Å². The predicted molar refractivity (Wildman–Crippen MR) is 91.2 cm³/mol. The Morgan fingerprint density at radius 2 is 2.26 bits per heavy atom. The summed E-state index contributed by atoms with van der Waals surface area (Å²) in [6, 6.07) is 7.63. The predicted octanol–water partition coefficient (Wildman–Crippen LogP) is 3.18. The van der Waals surface area contributed by atoms with Crippen molar-refractivity contribution in [3.63, 3.8) is 0 Å². The van der Waals surface area contributed by atoms with Crippen molar-refractivity contribution in [3.05, 3.63) is 46.5 Å². The molecule has 6 nitrogen and oxygen atoms in total. The average Bonchev–Trinajstić information content (AvgIpc) is 3.15. The van der Waals surface area contributed by atoms with E-state index >= 15 is 0 Å². The van der Waals surface area contributed by atoms with E-state index in [0.717, 1.165) is 15.9 Å². The molecule has 1 aromatic carbocycles. The lowest BCUT2D eigenvalue weighted by atomic mass is 10.2. The van der Waals surface area contributed by atoms with Crippen LogP contribution in [0, 0.1) is 0 Å². The first kappa shape index (κ1) is 15.2. The van der Waals surface area contributed by atoms with Gasteiger partial charge in [-0.25, -0.2) is 10.4 Å². The van der Waals surface area contributed by atoms with E-state index in [1.54, 1.807) is 6.20 Å². The van der Waals surface area contributed by atoms with Gasteiger partial charge in [-0.2, -0.15) is 5.10 Å². The van der Waals surface area contributed by atoms with Gasteiger partial charge in [0.15, 0.2) is 5.75 Å². The fourth-order valence-electron chi connectivity index (χ4n) is 2.13. The Morgan fingerprint density at radius 1 is 1.43 bits per heavy atom. The second-order valence-electron chi connectivity index (χ2n) is 5.11. The first-order valence-corrected chi connectivity index (χ1v) is 8.03. The van der Waals surface area contributed by atoms with Gasteiger partial charge in [-0.05, 0) is 26.0 Å². The highest BCUT2D eigenvalue weighted by molar-refractivity contribution is 7.11. The van der Waals surface area contributed by atoms with Crippen LogP contribution in [0.1, 0.15) is 29.3 Å². The van der Waals surface area contributed by atoms with Crippen molar-refractivity contribution in [1.82, 2.24) is 15.4 Å². The van der Waals surface area contributed by atoms with Crippen LogP contribution in [0.5, 0.6) is 5.75 Å². The molecule has 1 amide bonds. The van der Waals surface area contributed by atoms with Gasteiger partial charge in [-0.3, -0.25) is 4.79 Å². The minimum absolute atomic E-state index is 0.0421. The smallest absolute Gasteiger partial charge is 0.291 e. The normalized spacial score (nSPS) is 11.4. The largest absolute Gasteiger partial charge is 0.488 e. The van der Waals surface area contributed by atoms with E-state index in [0.29, 0.717) is 11.4 Å². The van der Waals surface area contributed by atoms with Crippen molar-refractivity contribution in [2.45, 2.75) is 20.0 Å². The Hall–Kier alpha value is -2.67. The number of nitrogens with zero attached hydrogens (tertiary/aromatic N) is 2. The number of aromatic nitrogens is 2. The van der Waals surface area contributed by atoms with Gasteiger partial charge < -0.3 is 9.72 Å². The zero-order valence-electron chi connectivity index (χ0n) is 12.7. The molecule has 2 aromatic heterocycles. The van der Waals surface area contributed by atoms with Crippen molar-refractivity contribution < 1.29 is 9.53 Å². The van der Waals surface area contributed by atoms with E-state index in [9.17, 15) is 4.79 Å². The molecule has 7 heteroatoms. The molecule has 0 saturated carbocycles. The van der Waals surface area contributed by atoms with Crippen LogP contribution in [-0.4, -0.2) is 28.2 Å². The number of benzene rings is 1. The first-order valence-electron chi connectivity index (χ1n) is 7.15. The number of ether oxygens (including phenoxy) is 1. The molecular formula is C16H16N4O2S. The molecule has 0 aliphatic rings. The molecule has 0 bridgehead atoms. The number of amides is 1. The summed E-state index contributed by atoms with van der Waals surface area (Å²) in [5.41, 5.74) is 3.70. The fraction of sp³-hybridized carbons (Fsp3) is 0.188. The van der Waals surface area contributed by atoms with Crippen molar-refractivity contribution in [2.75, 3.05) is 0 Å². The van der Waals surface area contributed by atoms with Crippen LogP contribution in [0.4, 0.5) is 0 Å². The lowest BCUT2D eigenvalue weighted by molar-refractivity contribution is 0.0945. The molecule has 0 fully saturated rings. The van der Waals surface area contributed by atoms with Gasteiger partial charge in [-0.1, -0.05) is 12.1 Å². The van der Waals surface area contributed by atoms with Crippen LogP contribution < -0.4 is 10.2 Å². The number of para-hydroxylation sites is 1. The Kier molecular flexibility index (Phi) is 4.38. The van der Waals surface area contributed by atoms with Crippen molar-refractivity contribution in [3.8, 4) is 5.75 Å². The monoisotopic (exact) mass is 328 g/mol. The summed E-state index contributed by atoms with van der Waals surface area (Å²) in [5, 5.41) is 7.36. The molecule has 0 radical (unpaired) electrons.